The van der Waals surface area contributed by atoms with Crippen LogP contribution >= 0.6 is 0 Å². The fourth-order valence-electron chi connectivity index (χ4n) is 2.32. The van der Waals surface area contributed by atoms with Crippen molar-refractivity contribution in [2.24, 2.45) is 17.4 Å². The van der Waals surface area contributed by atoms with Crippen molar-refractivity contribution < 1.29 is 4.42 Å². The number of furan rings is 1. The van der Waals surface area contributed by atoms with Crippen LogP contribution in [0.5, 0.6) is 0 Å². The Kier molecular flexibility index (Phi) is 2.89. The highest BCUT2D eigenvalue weighted by atomic mass is 16.3. The third-order valence-corrected chi connectivity index (χ3v) is 3.29. The zero-order valence-corrected chi connectivity index (χ0v) is 8.36. The van der Waals surface area contributed by atoms with Crippen LogP contribution in [0.3, 0.4) is 0 Å². The molecule has 0 radical (unpaired) electrons. The molecule has 1 aromatic heterocycles. The average Bonchev–Trinajstić information content (AvgIpc) is 2.87. The maximum absolute atomic E-state index is 6.15. The Morgan fingerprint density at radius 2 is 2.00 bits per heavy atom. The molecule has 2 atom stereocenters. The van der Waals surface area contributed by atoms with Crippen LogP contribution in [-0.4, -0.2) is 6.04 Å². The maximum Gasteiger partial charge on any atom is 0.0950 e. The predicted octanol–water partition coefficient (Wildman–Crippen LogP) is 1.80. The van der Waals surface area contributed by atoms with Crippen molar-refractivity contribution in [2.75, 3.05) is 0 Å². The first-order chi connectivity index (χ1) is 6.79. The van der Waals surface area contributed by atoms with E-state index in [-0.39, 0.29) is 12.1 Å². The van der Waals surface area contributed by atoms with Crippen LogP contribution in [0.1, 0.15) is 37.3 Å². The van der Waals surface area contributed by atoms with Crippen LogP contribution in [0.2, 0.25) is 0 Å². The van der Waals surface area contributed by atoms with Crippen molar-refractivity contribution in [3.63, 3.8) is 0 Å². The SMILES string of the molecule is NC(c1ccoc1)C(N)C1CCCC1. The molecule has 1 fully saturated rings. The molecule has 0 spiro atoms. The van der Waals surface area contributed by atoms with Crippen LogP contribution in [-0.2, 0) is 0 Å². The van der Waals surface area contributed by atoms with Gasteiger partial charge in [0.05, 0.1) is 12.5 Å². The third-order valence-electron chi connectivity index (χ3n) is 3.29. The Bertz CT molecular complexity index is 265. The molecule has 3 heteroatoms. The van der Waals surface area contributed by atoms with E-state index < -0.39 is 0 Å². The topological polar surface area (TPSA) is 65.2 Å². The second-order valence-corrected chi connectivity index (χ2v) is 4.20. The average molecular weight is 194 g/mol. The van der Waals surface area contributed by atoms with Gasteiger partial charge in [0.25, 0.3) is 0 Å². The van der Waals surface area contributed by atoms with Gasteiger partial charge in [-0.2, -0.15) is 0 Å². The summed E-state index contributed by atoms with van der Waals surface area (Å²) in [5, 5.41) is 0. The van der Waals surface area contributed by atoms with Gasteiger partial charge in [0.2, 0.25) is 0 Å². The standard InChI is InChI=1S/C11H18N2O/c12-10(8-3-1-2-4-8)11(13)9-5-6-14-7-9/h5-8,10-11H,1-4,12-13H2. The Labute approximate surface area is 84.5 Å². The molecule has 1 aromatic rings. The van der Waals surface area contributed by atoms with Crippen molar-refractivity contribution in [1.82, 2.24) is 0 Å². The molecular weight excluding hydrogens is 176 g/mol. The van der Waals surface area contributed by atoms with Crippen LogP contribution < -0.4 is 11.5 Å². The van der Waals surface area contributed by atoms with Crippen LogP contribution in [0, 0.1) is 5.92 Å². The first-order valence-electron chi connectivity index (χ1n) is 5.32. The summed E-state index contributed by atoms with van der Waals surface area (Å²) < 4.78 is 5.01. The Morgan fingerprint density at radius 1 is 1.29 bits per heavy atom. The minimum atomic E-state index is -0.0724. The fourth-order valence-corrected chi connectivity index (χ4v) is 2.32. The van der Waals surface area contributed by atoms with Crippen molar-refractivity contribution in [3.8, 4) is 0 Å². The molecule has 0 amide bonds. The van der Waals surface area contributed by atoms with Crippen LogP contribution in [0.25, 0.3) is 0 Å². The van der Waals surface area contributed by atoms with Gasteiger partial charge in [0, 0.05) is 17.6 Å². The number of nitrogens with two attached hydrogens (primary N) is 2. The summed E-state index contributed by atoms with van der Waals surface area (Å²) in [6.07, 6.45) is 8.41. The van der Waals surface area contributed by atoms with E-state index in [1.165, 1.54) is 25.7 Å². The molecule has 14 heavy (non-hydrogen) atoms. The van der Waals surface area contributed by atoms with Crippen molar-refractivity contribution >= 4 is 0 Å². The van der Waals surface area contributed by atoms with Gasteiger partial charge in [0.1, 0.15) is 0 Å². The number of hydrogen-bond acceptors (Lipinski definition) is 3. The second kappa shape index (κ2) is 4.15. The van der Waals surface area contributed by atoms with Crippen LogP contribution in [0.4, 0.5) is 0 Å². The van der Waals surface area contributed by atoms with Gasteiger partial charge in [-0.05, 0) is 24.8 Å². The molecule has 1 saturated carbocycles. The lowest BCUT2D eigenvalue weighted by Crippen LogP contribution is -2.39. The van der Waals surface area contributed by atoms with E-state index in [0.29, 0.717) is 5.92 Å². The van der Waals surface area contributed by atoms with E-state index in [9.17, 15) is 0 Å². The lowest BCUT2D eigenvalue weighted by Gasteiger charge is -2.24. The molecule has 2 rings (SSSR count). The molecule has 4 N–H and O–H groups in total. The maximum atomic E-state index is 6.15. The predicted molar refractivity (Wildman–Crippen MR) is 55.6 cm³/mol. The molecule has 1 aliphatic carbocycles. The molecule has 1 heterocycles. The normalized spacial score (nSPS) is 22.4. The third kappa shape index (κ3) is 1.83. The minimum Gasteiger partial charge on any atom is -0.472 e. The zero-order valence-electron chi connectivity index (χ0n) is 8.36. The first-order valence-corrected chi connectivity index (χ1v) is 5.32. The van der Waals surface area contributed by atoms with Crippen molar-refractivity contribution in [2.45, 2.75) is 37.8 Å². The van der Waals surface area contributed by atoms with Gasteiger partial charge in [-0.25, -0.2) is 0 Å². The second-order valence-electron chi connectivity index (χ2n) is 4.20. The quantitative estimate of drug-likeness (QED) is 0.771. The highest BCUT2D eigenvalue weighted by Crippen LogP contribution is 2.31. The molecule has 0 bridgehead atoms. The zero-order chi connectivity index (χ0) is 9.97. The summed E-state index contributed by atoms with van der Waals surface area (Å²) in [6.45, 7) is 0. The first kappa shape index (κ1) is 9.74. The smallest absolute Gasteiger partial charge is 0.0950 e. The van der Waals surface area contributed by atoms with Crippen LogP contribution in [0.15, 0.2) is 23.0 Å². The molecule has 78 valence electrons. The van der Waals surface area contributed by atoms with E-state index in [4.69, 9.17) is 15.9 Å². The molecule has 0 saturated heterocycles. The van der Waals surface area contributed by atoms with E-state index in [1.54, 1.807) is 12.5 Å². The van der Waals surface area contributed by atoms with Gasteiger partial charge in [-0.15, -0.1) is 0 Å². The van der Waals surface area contributed by atoms with E-state index in [1.807, 2.05) is 6.07 Å². The van der Waals surface area contributed by atoms with Gasteiger partial charge < -0.3 is 15.9 Å². The molecule has 0 aromatic carbocycles. The Hall–Kier alpha value is -0.800. The van der Waals surface area contributed by atoms with Gasteiger partial charge in [-0.1, -0.05) is 12.8 Å². The molecule has 1 aliphatic rings. The van der Waals surface area contributed by atoms with Crippen molar-refractivity contribution in [1.29, 1.82) is 0 Å². The molecule has 2 unspecified atom stereocenters. The largest absolute Gasteiger partial charge is 0.472 e. The van der Waals surface area contributed by atoms with Gasteiger partial charge in [0.15, 0.2) is 0 Å². The molecule has 3 nitrogen and oxygen atoms in total. The van der Waals surface area contributed by atoms with Gasteiger partial charge >= 0.3 is 0 Å². The van der Waals surface area contributed by atoms with Crippen molar-refractivity contribution in [3.05, 3.63) is 24.2 Å². The lowest BCUT2D eigenvalue weighted by atomic mass is 9.90. The highest BCUT2D eigenvalue weighted by molar-refractivity contribution is 5.13. The number of rotatable bonds is 3. The monoisotopic (exact) mass is 194 g/mol. The lowest BCUT2D eigenvalue weighted by molar-refractivity contribution is 0.376. The fraction of sp³-hybridized carbons (Fsp3) is 0.636. The highest BCUT2D eigenvalue weighted by Gasteiger charge is 2.27. The minimum absolute atomic E-state index is 0.0724. The van der Waals surface area contributed by atoms with E-state index >= 15 is 0 Å². The molecule has 0 aliphatic heterocycles. The van der Waals surface area contributed by atoms with E-state index in [2.05, 4.69) is 0 Å². The Balaban J connectivity index is 2.00. The molecular formula is C11H18N2O. The summed E-state index contributed by atoms with van der Waals surface area (Å²) in [7, 11) is 0. The summed E-state index contributed by atoms with van der Waals surface area (Å²) in [6, 6.07) is 1.91. The Morgan fingerprint density at radius 3 is 2.57 bits per heavy atom. The summed E-state index contributed by atoms with van der Waals surface area (Å²) >= 11 is 0. The van der Waals surface area contributed by atoms with E-state index in [0.717, 1.165) is 5.56 Å². The summed E-state index contributed by atoms with van der Waals surface area (Å²) in [5.41, 5.74) is 13.2. The number of hydrogen-bond donors (Lipinski definition) is 2. The summed E-state index contributed by atoms with van der Waals surface area (Å²) in [4.78, 5) is 0. The van der Waals surface area contributed by atoms with Gasteiger partial charge in [-0.3, -0.25) is 0 Å². The summed E-state index contributed by atoms with van der Waals surface area (Å²) in [5.74, 6) is 0.597.